The second kappa shape index (κ2) is 6.15. The average molecular weight is 312 g/mol. The Balaban J connectivity index is 2.37. The van der Waals surface area contributed by atoms with E-state index in [2.05, 4.69) is 4.72 Å². The van der Waals surface area contributed by atoms with Gasteiger partial charge in [0.15, 0.2) is 5.75 Å². The van der Waals surface area contributed by atoms with E-state index in [1.165, 1.54) is 12.1 Å². The normalized spacial score (nSPS) is 11.1. The van der Waals surface area contributed by atoms with Crippen LogP contribution in [-0.4, -0.2) is 15.0 Å². The largest absolute Gasteiger partial charge is 0.490 e. The molecule has 20 heavy (non-hydrogen) atoms. The summed E-state index contributed by atoms with van der Waals surface area (Å²) in [5, 5.41) is 0.361. The number of para-hydroxylation sites is 1. The lowest BCUT2D eigenvalue weighted by molar-refractivity contribution is 0.342. The van der Waals surface area contributed by atoms with Gasteiger partial charge in [0.2, 0.25) is 0 Å². The van der Waals surface area contributed by atoms with Gasteiger partial charge in [-0.15, -0.1) is 0 Å². The van der Waals surface area contributed by atoms with E-state index in [9.17, 15) is 8.42 Å². The average Bonchev–Trinajstić information content (AvgIpc) is 2.43. The van der Waals surface area contributed by atoms with Crippen LogP contribution in [0.4, 0.5) is 5.69 Å². The van der Waals surface area contributed by atoms with E-state index in [4.69, 9.17) is 16.3 Å². The zero-order valence-electron chi connectivity index (χ0n) is 10.8. The zero-order chi connectivity index (χ0) is 14.6. The molecule has 0 aliphatic carbocycles. The maximum atomic E-state index is 12.3. The van der Waals surface area contributed by atoms with Crippen LogP contribution in [0.25, 0.3) is 0 Å². The number of benzene rings is 2. The minimum Gasteiger partial charge on any atom is -0.490 e. The number of rotatable bonds is 5. The molecule has 2 aromatic rings. The Morgan fingerprint density at radius 3 is 2.45 bits per heavy atom. The van der Waals surface area contributed by atoms with Crippen LogP contribution >= 0.6 is 11.6 Å². The molecule has 0 amide bonds. The van der Waals surface area contributed by atoms with Crippen LogP contribution in [0.1, 0.15) is 6.92 Å². The lowest BCUT2D eigenvalue weighted by Gasteiger charge is -2.14. The molecule has 0 fully saturated rings. The number of anilines is 1. The molecule has 2 rings (SSSR count). The molecule has 0 bridgehead atoms. The van der Waals surface area contributed by atoms with E-state index in [1.54, 1.807) is 43.3 Å². The molecule has 0 atom stereocenters. The van der Waals surface area contributed by atoms with Gasteiger partial charge in [-0.2, -0.15) is 0 Å². The molecule has 1 N–H and O–H groups in total. The highest BCUT2D eigenvalue weighted by Gasteiger charge is 2.17. The summed E-state index contributed by atoms with van der Waals surface area (Å²) in [6.45, 7) is 2.20. The minimum absolute atomic E-state index is 0.183. The maximum Gasteiger partial charge on any atom is 0.262 e. The van der Waals surface area contributed by atoms with Crippen molar-refractivity contribution in [1.82, 2.24) is 0 Å². The molecule has 0 aliphatic heterocycles. The fraction of sp³-hybridized carbons (Fsp3) is 0.143. The van der Waals surface area contributed by atoms with Gasteiger partial charge in [-0.1, -0.05) is 35.9 Å². The van der Waals surface area contributed by atoms with Crippen molar-refractivity contribution < 1.29 is 13.2 Å². The molecule has 6 heteroatoms. The van der Waals surface area contributed by atoms with Gasteiger partial charge in [-0.3, -0.25) is 4.72 Å². The number of halogens is 1. The second-order valence-corrected chi connectivity index (χ2v) is 6.06. The first-order valence-electron chi connectivity index (χ1n) is 6.04. The molecule has 0 aromatic heterocycles. The smallest absolute Gasteiger partial charge is 0.262 e. The molecule has 106 valence electrons. The van der Waals surface area contributed by atoms with Crippen molar-refractivity contribution in [3.63, 3.8) is 0 Å². The first kappa shape index (κ1) is 14.7. The van der Waals surface area contributed by atoms with Crippen molar-refractivity contribution in [3.05, 3.63) is 53.6 Å². The SMILES string of the molecule is CCOc1c(Cl)cccc1NS(=O)(=O)c1ccccc1. The number of ether oxygens (including phenoxy) is 1. The lowest BCUT2D eigenvalue weighted by atomic mass is 10.3. The Morgan fingerprint density at radius 2 is 1.80 bits per heavy atom. The minimum atomic E-state index is -3.66. The summed E-state index contributed by atoms with van der Waals surface area (Å²) < 4.78 is 32.4. The third-order valence-electron chi connectivity index (χ3n) is 2.55. The number of hydrogen-bond donors (Lipinski definition) is 1. The summed E-state index contributed by atoms with van der Waals surface area (Å²) in [5.41, 5.74) is 0.322. The molecule has 0 saturated carbocycles. The van der Waals surface area contributed by atoms with Gasteiger partial charge in [0, 0.05) is 0 Å². The van der Waals surface area contributed by atoms with Crippen molar-refractivity contribution in [1.29, 1.82) is 0 Å². The lowest BCUT2D eigenvalue weighted by Crippen LogP contribution is -2.13. The molecular weight excluding hydrogens is 298 g/mol. The molecule has 0 saturated heterocycles. The number of sulfonamides is 1. The Labute approximate surface area is 123 Å². The predicted molar refractivity (Wildman–Crippen MR) is 79.9 cm³/mol. The Morgan fingerprint density at radius 1 is 1.10 bits per heavy atom. The van der Waals surface area contributed by atoms with Crippen LogP contribution in [0.5, 0.6) is 5.75 Å². The Bertz CT molecular complexity index is 687. The van der Waals surface area contributed by atoms with Gasteiger partial charge < -0.3 is 4.74 Å². The zero-order valence-corrected chi connectivity index (χ0v) is 12.4. The van der Waals surface area contributed by atoms with E-state index in [-0.39, 0.29) is 4.90 Å². The maximum absolute atomic E-state index is 12.3. The van der Waals surface area contributed by atoms with E-state index in [0.29, 0.717) is 23.1 Å². The van der Waals surface area contributed by atoms with Gasteiger partial charge in [0.05, 0.1) is 22.2 Å². The first-order valence-corrected chi connectivity index (χ1v) is 7.90. The molecule has 0 heterocycles. The monoisotopic (exact) mass is 311 g/mol. The van der Waals surface area contributed by atoms with E-state index in [0.717, 1.165) is 0 Å². The summed E-state index contributed by atoms with van der Waals surface area (Å²) in [4.78, 5) is 0.183. The fourth-order valence-electron chi connectivity index (χ4n) is 1.68. The van der Waals surface area contributed by atoms with Crippen molar-refractivity contribution in [3.8, 4) is 5.75 Å². The van der Waals surface area contributed by atoms with Gasteiger partial charge in [0.25, 0.3) is 10.0 Å². The number of hydrogen-bond acceptors (Lipinski definition) is 3. The summed E-state index contributed by atoms with van der Waals surface area (Å²) in [7, 11) is -3.66. The van der Waals surface area contributed by atoms with E-state index in [1.807, 2.05) is 0 Å². The molecule has 0 radical (unpaired) electrons. The fourth-order valence-corrected chi connectivity index (χ4v) is 3.00. The van der Waals surface area contributed by atoms with Gasteiger partial charge in [-0.25, -0.2) is 8.42 Å². The van der Waals surface area contributed by atoms with E-state index >= 15 is 0 Å². The number of nitrogens with one attached hydrogen (secondary N) is 1. The Kier molecular flexibility index (Phi) is 4.52. The van der Waals surface area contributed by atoms with Crippen molar-refractivity contribution in [2.24, 2.45) is 0 Å². The van der Waals surface area contributed by atoms with Crippen molar-refractivity contribution >= 4 is 27.3 Å². The molecular formula is C14H14ClNO3S. The molecule has 2 aromatic carbocycles. The highest BCUT2D eigenvalue weighted by molar-refractivity contribution is 7.92. The molecule has 0 spiro atoms. The third-order valence-corrected chi connectivity index (χ3v) is 4.23. The van der Waals surface area contributed by atoms with Crippen molar-refractivity contribution in [2.45, 2.75) is 11.8 Å². The van der Waals surface area contributed by atoms with Crippen LogP contribution in [0.15, 0.2) is 53.4 Å². The standard InChI is InChI=1S/C14H14ClNO3S/c1-2-19-14-12(15)9-6-10-13(14)16-20(17,18)11-7-4-3-5-8-11/h3-10,16H,2H2,1H3. The summed E-state index contributed by atoms with van der Waals surface area (Å²) in [6.07, 6.45) is 0. The molecule has 0 unspecified atom stereocenters. The second-order valence-electron chi connectivity index (χ2n) is 3.97. The van der Waals surface area contributed by atoms with Crippen LogP contribution in [-0.2, 0) is 10.0 Å². The molecule has 0 aliphatic rings. The highest BCUT2D eigenvalue weighted by atomic mass is 35.5. The third kappa shape index (κ3) is 3.23. The predicted octanol–water partition coefficient (Wildman–Crippen LogP) is 3.54. The van der Waals surface area contributed by atoms with Crippen LogP contribution in [0, 0.1) is 0 Å². The van der Waals surface area contributed by atoms with Gasteiger partial charge in [-0.05, 0) is 31.2 Å². The van der Waals surface area contributed by atoms with Crippen LogP contribution < -0.4 is 9.46 Å². The van der Waals surface area contributed by atoms with Crippen LogP contribution in [0.2, 0.25) is 5.02 Å². The van der Waals surface area contributed by atoms with Crippen molar-refractivity contribution in [2.75, 3.05) is 11.3 Å². The van der Waals surface area contributed by atoms with E-state index < -0.39 is 10.0 Å². The quantitative estimate of drug-likeness (QED) is 0.919. The van der Waals surface area contributed by atoms with Crippen LogP contribution in [0.3, 0.4) is 0 Å². The topological polar surface area (TPSA) is 55.4 Å². The van der Waals surface area contributed by atoms with Gasteiger partial charge >= 0.3 is 0 Å². The first-order chi connectivity index (χ1) is 9.54. The Hall–Kier alpha value is -1.72. The summed E-state index contributed by atoms with van der Waals surface area (Å²) >= 11 is 6.02. The summed E-state index contributed by atoms with van der Waals surface area (Å²) in [5.74, 6) is 0.330. The highest BCUT2D eigenvalue weighted by Crippen LogP contribution is 2.34. The van der Waals surface area contributed by atoms with Gasteiger partial charge in [0.1, 0.15) is 0 Å². The summed E-state index contributed by atoms with van der Waals surface area (Å²) in [6, 6.07) is 13.0. The molecule has 4 nitrogen and oxygen atoms in total.